The molecule has 0 unspecified atom stereocenters. The van der Waals surface area contributed by atoms with Gasteiger partial charge in [-0.15, -0.1) is 11.3 Å². The van der Waals surface area contributed by atoms with Crippen LogP contribution in [0.2, 0.25) is 0 Å². The summed E-state index contributed by atoms with van der Waals surface area (Å²) in [6, 6.07) is 6.16. The zero-order chi connectivity index (χ0) is 16.3. The minimum Gasteiger partial charge on any atom is -0.476 e. The molecule has 1 heterocycles. The number of carboxylic acids is 1. The van der Waals surface area contributed by atoms with Crippen LogP contribution >= 0.6 is 11.3 Å². The summed E-state index contributed by atoms with van der Waals surface area (Å²) in [4.78, 5) is 15.2. The van der Waals surface area contributed by atoms with Crippen molar-refractivity contribution in [2.45, 2.75) is 18.7 Å². The van der Waals surface area contributed by atoms with Crippen LogP contribution in [0.4, 0.5) is 10.7 Å². The third kappa shape index (κ3) is 3.62. The Hall–Kier alpha value is -1.97. The van der Waals surface area contributed by atoms with E-state index in [9.17, 15) is 13.2 Å². The van der Waals surface area contributed by atoms with Gasteiger partial charge in [0.1, 0.15) is 5.00 Å². The highest BCUT2D eigenvalue weighted by Crippen LogP contribution is 2.28. The summed E-state index contributed by atoms with van der Waals surface area (Å²) in [5.41, 5.74) is 0.396. The van der Waals surface area contributed by atoms with E-state index in [-0.39, 0.29) is 17.1 Å². The van der Waals surface area contributed by atoms with E-state index >= 15 is 0 Å². The lowest BCUT2D eigenvalue weighted by atomic mass is 10.3. The normalized spacial score (nSPS) is 11.4. The fourth-order valence-electron chi connectivity index (χ4n) is 1.80. The molecule has 118 valence electrons. The molecule has 0 saturated heterocycles. The maximum atomic E-state index is 12.0. The van der Waals surface area contributed by atoms with E-state index in [1.165, 1.54) is 23.5 Å². The number of carboxylic acid groups (broad SMARTS) is 1. The summed E-state index contributed by atoms with van der Waals surface area (Å²) in [6.07, 6.45) is 0. The van der Waals surface area contributed by atoms with Crippen molar-refractivity contribution in [3.8, 4) is 0 Å². The van der Waals surface area contributed by atoms with Crippen molar-refractivity contribution in [3.05, 3.63) is 35.0 Å². The molecule has 0 radical (unpaired) electrons. The van der Waals surface area contributed by atoms with E-state index in [1.54, 1.807) is 26.0 Å². The van der Waals surface area contributed by atoms with E-state index < -0.39 is 16.0 Å². The summed E-state index contributed by atoms with van der Waals surface area (Å²) < 4.78 is 26.4. The summed E-state index contributed by atoms with van der Waals surface area (Å²) in [5.74, 6) is -1.14. The molecule has 0 spiro atoms. The molecule has 0 aliphatic heterocycles. The van der Waals surface area contributed by atoms with Gasteiger partial charge in [-0.25, -0.2) is 22.9 Å². The number of nitrogens with zero attached hydrogens (tertiary/aromatic N) is 1. The summed E-state index contributed by atoms with van der Waals surface area (Å²) >= 11 is 1.19. The Morgan fingerprint density at radius 3 is 2.77 bits per heavy atom. The predicted molar refractivity (Wildman–Crippen MR) is 84.4 cm³/mol. The van der Waals surface area contributed by atoms with Crippen molar-refractivity contribution >= 4 is 38.0 Å². The van der Waals surface area contributed by atoms with Crippen LogP contribution < -0.4 is 10.0 Å². The molecule has 7 nitrogen and oxygen atoms in total. The molecule has 0 atom stereocenters. The number of hydrogen-bond acceptors (Lipinski definition) is 6. The third-order valence-electron chi connectivity index (χ3n) is 2.67. The fraction of sp³-hybridized carbons (Fsp3) is 0.231. The molecular weight excluding hydrogens is 326 g/mol. The van der Waals surface area contributed by atoms with Crippen LogP contribution in [0.25, 0.3) is 0 Å². The molecule has 3 N–H and O–H groups in total. The van der Waals surface area contributed by atoms with Crippen LogP contribution in [0.1, 0.15) is 22.4 Å². The van der Waals surface area contributed by atoms with Crippen molar-refractivity contribution in [1.29, 1.82) is 0 Å². The van der Waals surface area contributed by atoms with Crippen LogP contribution in [0.15, 0.2) is 29.2 Å². The Morgan fingerprint density at radius 2 is 2.14 bits per heavy atom. The second kappa shape index (κ2) is 6.42. The molecule has 0 amide bonds. The second-order valence-electron chi connectivity index (χ2n) is 4.37. The molecule has 0 bridgehead atoms. The van der Waals surface area contributed by atoms with Gasteiger partial charge in [-0.2, -0.15) is 0 Å². The first-order valence-corrected chi connectivity index (χ1v) is 8.71. The molecule has 1 aromatic carbocycles. The zero-order valence-electron chi connectivity index (χ0n) is 12.0. The average Bonchev–Trinajstić information content (AvgIpc) is 2.80. The van der Waals surface area contributed by atoms with Crippen molar-refractivity contribution in [2.75, 3.05) is 11.9 Å². The van der Waals surface area contributed by atoms with Crippen LogP contribution in [0.3, 0.4) is 0 Å². The number of sulfonamides is 1. The number of anilines is 2. The van der Waals surface area contributed by atoms with Gasteiger partial charge >= 0.3 is 5.97 Å². The maximum absolute atomic E-state index is 12.0. The Morgan fingerprint density at radius 1 is 1.41 bits per heavy atom. The molecule has 0 aliphatic carbocycles. The van der Waals surface area contributed by atoms with Gasteiger partial charge in [0.15, 0.2) is 5.69 Å². The molecule has 0 fully saturated rings. The van der Waals surface area contributed by atoms with E-state index in [2.05, 4.69) is 15.0 Å². The minimum absolute atomic E-state index is 0.0811. The lowest BCUT2D eigenvalue weighted by molar-refractivity contribution is 0.0692. The van der Waals surface area contributed by atoms with E-state index in [1.807, 2.05) is 0 Å². The van der Waals surface area contributed by atoms with Gasteiger partial charge in [0, 0.05) is 12.2 Å². The standard InChI is InChI=1S/C13H15N3O4S2/c1-3-14-22(19,20)10-6-4-5-9(7-10)16-12-11(13(17)18)15-8(2)21-12/h4-7,14,16H,3H2,1-2H3,(H,17,18). The number of rotatable bonds is 6. The predicted octanol–water partition coefficient (Wildman–Crippen LogP) is 2.19. The van der Waals surface area contributed by atoms with E-state index in [4.69, 9.17) is 5.11 Å². The quantitative estimate of drug-likeness (QED) is 0.743. The number of carbonyl (C=O) groups is 1. The molecule has 9 heteroatoms. The molecule has 2 aromatic rings. The van der Waals surface area contributed by atoms with Gasteiger partial charge in [-0.3, -0.25) is 0 Å². The van der Waals surface area contributed by atoms with Crippen molar-refractivity contribution < 1.29 is 18.3 Å². The SMILES string of the molecule is CCNS(=O)(=O)c1cccc(Nc2sc(C)nc2C(=O)O)c1. The van der Waals surface area contributed by atoms with Crippen molar-refractivity contribution in [2.24, 2.45) is 0 Å². The number of hydrogen-bond donors (Lipinski definition) is 3. The number of aromatic nitrogens is 1. The molecule has 2 rings (SSSR count). The first kappa shape index (κ1) is 16.4. The smallest absolute Gasteiger partial charge is 0.357 e. The van der Waals surface area contributed by atoms with Crippen LogP contribution in [0, 0.1) is 6.92 Å². The summed E-state index contributed by atoms with van der Waals surface area (Å²) in [5, 5.41) is 13.0. The minimum atomic E-state index is -3.56. The summed E-state index contributed by atoms with van der Waals surface area (Å²) in [7, 11) is -3.56. The largest absolute Gasteiger partial charge is 0.476 e. The Bertz CT molecular complexity index is 799. The molecule has 1 aromatic heterocycles. The average molecular weight is 341 g/mol. The van der Waals surface area contributed by atoms with Crippen molar-refractivity contribution in [1.82, 2.24) is 9.71 Å². The number of aryl methyl sites for hydroxylation is 1. The second-order valence-corrected chi connectivity index (χ2v) is 7.34. The molecule has 0 aliphatic rings. The fourth-order valence-corrected chi connectivity index (χ4v) is 3.72. The van der Waals surface area contributed by atoms with Crippen molar-refractivity contribution in [3.63, 3.8) is 0 Å². The number of nitrogens with one attached hydrogen (secondary N) is 2. The molecular formula is C13H15N3O4S2. The van der Waals surface area contributed by atoms with Gasteiger partial charge in [0.2, 0.25) is 10.0 Å². The highest BCUT2D eigenvalue weighted by atomic mass is 32.2. The molecule has 0 saturated carbocycles. The van der Waals surface area contributed by atoms with Crippen LogP contribution in [-0.2, 0) is 10.0 Å². The van der Waals surface area contributed by atoms with E-state index in [0.29, 0.717) is 15.7 Å². The van der Waals surface area contributed by atoms with Gasteiger partial charge in [0.25, 0.3) is 0 Å². The Labute approximate surface area is 132 Å². The zero-order valence-corrected chi connectivity index (χ0v) is 13.6. The lowest BCUT2D eigenvalue weighted by Gasteiger charge is -2.08. The van der Waals surface area contributed by atoms with Gasteiger partial charge in [0.05, 0.1) is 9.90 Å². The van der Waals surface area contributed by atoms with E-state index in [0.717, 1.165) is 0 Å². The number of thiazole rings is 1. The Kier molecular flexibility index (Phi) is 4.79. The monoisotopic (exact) mass is 341 g/mol. The number of aromatic carboxylic acids is 1. The number of benzene rings is 1. The highest BCUT2D eigenvalue weighted by molar-refractivity contribution is 7.89. The summed E-state index contributed by atoms with van der Waals surface area (Å²) in [6.45, 7) is 3.68. The van der Waals surface area contributed by atoms with Gasteiger partial charge in [-0.1, -0.05) is 13.0 Å². The first-order valence-electron chi connectivity index (χ1n) is 6.41. The lowest BCUT2D eigenvalue weighted by Crippen LogP contribution is -2.23. The van der Waals surface area contributed by atoms with Gasteiger partial charge < -0.3 is 10.4 Å². The van der Waals surface area contributed by atoms with Crippen LogP contribution in [0.5, 0.6) is 0 Å². The first-order chi connectivity index (χ1) is 10.3. The highest BCUT2D eigenvalue weighted by Gasteiger charge is 2.17. The molecule has 22 heavy (non-hydrogen) atoms. The van der Waals surface area contributed by atoms with Gasteiger partial charge in [-0.05, 0) is 25.1 Å². The maximum Gasteiger partial charge on any atom is 0.357 e. The Balaban J connectivity index is 2.34. The third-order valence-corrected chi connectivity index (χ3v) is 5.10. The topological polar surface area (TPSA) is 108 Å². The van der Waals surface area contributed by atoms with Crippen LogP contribution in [-0.4, -0.2) is 31.0 Å².